The highest BCUT2D eigenvalue weighted by Crippen LogP contribution is 2.32. The van der Waals surface area contributed by atoms with Gasteiger partial charge in [-0.25, -0.2) is 0 Å². The van der Waals surface area contributed by atoms with E-state index < -0.39 is 9.85 Å². The van der Waals surface area contributed by atoms with E-state index >= 15 is 0 Å². The Kier molecular flexibility index (Phi) is 3.56. The Morgan fingerprint density at radius 1 is 1.31 bits per heavy atom. The molecule has 0 aliphatic carbocycles. The summed E-state index contributed by atoms with van der Waals surface area (Å²) in [5, 5.41) is 28.5. The van der Waals surface area contributed by atoms with Gasteiger partial charge in [0.15, 0.2) is 0 Å². The van der Waals surface area contributed by atoms with Crippen molar-refractivity contribution >= 4 is 28.2 Å². The number of nitro groups is 2. The predicted molar refractivity (Wildman–Crippen MR) is 59.0 cm³/mol. The first-order valence-corrected chi connectivity index (χ1v) is 4.89. The van der Waals surface area contributed by atoms with Gasteiger partial charge in [0.2, 0.25) is 0 Å². The van der Waals surface area contributed by atoms with Gasteiger partial charge in [-0.15, -0.1) is 0 Å². The van der Waals surface area contributed by atoms with Crippen LogP contribution in [0.2, 0.25) is 0 Å². The number of nitrogens with one attached hydrogen (secondary N) is 1. The molecule has 1 N–H and O–H groups in total. The minimum absolute atomic E-state index is 0.178. The van der Waals surface area contributed by atoms with Gasteiger partial charge in [0.25, 0.3) is 11.4 Å². The van der Waals surface area contributed by atoms with E-state index in [1.807, 2.05) is 0 Å². The van der Waals surface area contributed by atoms with Gasteiger partial charge in [-0.1, -0.05) is 11.8 Å². The van der Waals surface area contributed by atoms with Gasteiger partial charge in [0, 0.05) is 6.07 Å². The molecule has 84 valence electrons. The predicted octanol–water partition coefficient (Wildman–Crippen LogP) is 2.59. The third kappa shape index (κ3) is 2.76. The van der Waals surface area contributed by atoms with E-state index in [1.165, 1.54) is 19.1 Å². The molecule has 1 aromatic rings. The summed E-state index contributed by atoms with van der Waals surface area (Å²) in [7, 11) is 0. The van der Waals surface area contributed by atoms with Gasteiger partial charge in [0.05, 0.1) is 25.9 Å². The van der Waals surface area contributed by atoms with Crippen LogP contribution < -0.4 is 0 Å². The average Bonchev–Trinajstić information content (AvgIpc) is 2.16. The molecule has 7 nitrogen and oxygen atoms in total. The largest absolute Gasteiger partial charge is 0.298 e. The lowest BCUT2D eigenvalue weighted by atomic mass is 10.3. The smallest absolute Gasteiger partial charge is 0.290 e. The van der Waals surface area contributed by atoms with Crippen LogP contribution in [0.3, 0.4) is 0 Å². The highest BCUT2D eigenvalue weighted by molar-refractivity contribution is 8.13. The highest BCUT2D eigenvalue weighted by Gasteiger charge is 2.19. The molecule has 0 heterocycles. The average molecular weight is 241 g/mol. The Hall–Kier alpha value is -1.96. The summed E-state index contributed by atoms with van der Waals surface area (Å²) in [5.41, 5.74) is -0.690. The first kappa shape index (κ1) is 12.1. The van der Waals surface area contributed by atoms with Crippen molar-refractivity contribution in [3.05, 3.63) is 38.4 Å². The number of hydrogen-bond acceptors (Lipinski definition) is 6. The summed E-state index contributed by atoms with van der Waals surface area (Å²) in [4.78, 5) is 20.0. The molecule has 1 rings (SSSR count). The number of hydrogen-bond donors (Lipinski definition) is 1. The number of thioether (sulfide) groups is 1. The Bertz CT molecular complexity index is 474. The molecule has 1 aromatic carbocycles. The second kappa shape index (κ2) is 4.71. The monoisotopic (exact) mass is 241 g/mol. The van der Waals surface area contributed by atoms with Gasteiger partial charge in [0.1, 0.15) is 0 Å². The Morgan fingerprint density at radius 3 is 2.38 bits per heavy atom. The molecule has 0 amide bonds. The van der Waals surface area contributed by atoms with E-state index in [2.05, 4.69) is 0 Å². The standard InChI is InChI=1S/C8H7N3O4S/c1-5(9)16-8-3-2-6(10(12)13)4-7(8)11(14)15/h2-4,9H,1H3. The summed E-state index contributed by atoms with van der Waals surface area (Å²) in [6.07, 6.45) is 0. The number of benzene rings is 1. The lowest BCUT2D eigenvalue weighted by molar-refractivity contribution is -0.396. The molecule has 0 spiro atoms. The fraction of sp³-hybridized carbons (Fsp3) is 0.125. The Labute approximate surface area is 94.3 Å². The van der Waals surface area contributed by atoms with Crippen molar-refractivity contribution in [3.8, 4) is 0 Å². The first-order chi connectivity index (χ1) is 7.41. The van der Waals surface area contributed by atoms with Crippen molar-refractivity contribution in [1.29, 1.82) is 5.41 Å². The summed E-state index contributed by atoms with van der Waals surface area (Å²) >= 11 is 0.893. The Balaban J connectivity index is 3.24. The van der Waals surface area contributed by atoms with E-state index in [1.54, 1.807) is 0 Å². The summed E-state index contributed by atoms with van der Waals surface area (Å²) in [6.45, 7) is 1.48. The molecule has 0 aromatic heterocycles. The van der Waals surface area contributed by atoms with Crippen molar-refractivity contribution in [2.45, 2.75) is 11.8 Å². The molecule has 0 unspecified atom stereocenters. The topological polar surface area (TPSA) is 110 Å². The van der Waals surface area contributed by atoms with Crippen molar-refractivity contribution in [2.75, 3.05) is 0 Å². The molecule has 8 heteroatoms. The van der Waals surface area contributed by atoms with Crippen LogP contribution in [0.25, 0.3) is 0 Å². The van der Waals surface area contributed by atoms with Crippen LogP contribution in [0.1, 0.15) is 6.92 Å². The second-order valence-electron chi connectivity index (χ2n) is 2.82. The van der Waals surface area contributed by atoms with Crippen molar-refractivity contribution in [1.82, 2.24) is 0 Å². The zero-order chi connectivity index (χ0) is 12.3. The van der Waals surface area contributed by atoms with Crippen molar-refractivity contribution in [2.24, 2.45) is 0 Å². The lowest BCUT2D eigenvalue weighted by Gasteiger charge is -2.00. The Morgan fingerprint density at radius 2 is 1.94 bits per heavy atom. The van der Waals surface area contributed by atoms with Crippen molar-refractivity contribution in [3.63, 3.8) is 0 Å². The minimum atomic E-state index is -0.696. The third-order valence-corrected chi connectivity index (χ3v) is 2.48. The quantitative estimate of drug-likeness (QED) is 0.287. The van der Waals surface area contributed by atoms with Crippen LogP contribution in [-0.2, 0) is 0 Å². The number of non-ortho nitro benzene ring substituents is 1. The van der Waals surface area contributed by atoms with Crippen LogP contribution in [0.15, 0.2) is 23.1 Å². The van der Waals surface area contributed by atoms with Crippen LogP contribution in [-0.4, -0.2) is 14.9 Å². The molecule has 0 atom stereocenters. The molecule has 0 aliphatic heterocycles. The second-order valence-corrected chi connectivity index (χ2v) is 4.08. The molecule has 0 saturated heterocycles. The molecule has 16 heavy (non-hydrogen) atoms. The summed E-state index contributed by atoms with van der Waals surface area (Å²) in [5.74, 6) is 0. The van der Waals surface area contributed by atoms with Crippen LogP contribution in [0, 0.1) is 25.6 Å². The van der Waals surface area contributed by atoms with Crippen molar-refractivity contribution < 1.29 is 9.85 Å². The lowest BCUT2D eigenvalue weighted by Crippen LogP contribution is -1.95. The normalized spacial score (nSPS) is 9.81. The molecule has 0 saturated carbocycles. The van der Waals surface area contributed by atoms with Gasteiger partial charge < -0.3 is 0 Å². The minimum Gasteiger partial charge on any atom is -0.298 e. The number of rotatable bonds is 3. The van der Waals surface area contributed by atoms with Crippen LogP contribution in [0.5, 0.6) is 0 Å². The van der Waals surface area contributed by atoms with Gasteiger partial charge >= 0.3 is 0 Å². The number of nitro benzene ring substituents is 2. The zero-order valence-corrected chi connectivity index (χ0v) is 8.98. The van der Waals surface area contributed by atoms with E-state index in [4.69, 9.17) is 5.41 Å². The van der Waals surface area contributed by atoms with E-state index in [0.717, 1.165) is 17.8 Å². The third-order valence-electron chi connectivity index (χ3n) is 1.61. The zero-order valence-electron chi connectivity index (χ0n) is 8.17. The molecule has 0 aliphatic rings. The first-order valence-electron chi connectivity index (χ1n) is 4.07. The molecule has 0 radical (unpaired) electrons. The molecular formula is C8H7N3O4S. The van der Waals surface area contributed by atoms with Crippen LogP contribution >= 0.6 is 11.8 Å². The molecule has 0 bridgehead atoms. The summed E-state index contributed by atoms with van der Waals surface area (Å²) < 4.78 is 0. The van der Waals surface area contributed by atoms with Gasteiger partial charge in [-0.3, -0.25) is 25.6 Å². The molecular weight excluding hydrogens is 234 g/mol. The SMILES string of the molecule is CC(=N)Sc1ccc([N+](=O)[O-])cc1[N+](=O)[O-]. The maximum absolute atomic E-state index is 10.7. The highest BCUT2D eigenvalue weighted by atomic mass is 32.2. The fourth-order valence-electron chi connectivity index (χ4n) is 1.01. The number of nitrogens with zero attached hydrogens (tertiary/aromatic N) is 2. The summed E-state index contributed by atoms with van der Waals surface area (Å²) in [6, 6.07) is 3.35. The van der Waals surface area contributed by atoms with Gasteiger partial charge in [-0.2, -0.15) is 0 Å². The maximum Gasteiger partial charge on any atom is 0.290 e. The fourth-order valence-corrected chi connectivity index (χ4v) is 1.72. The van der Waals surface area contributed by atoms with Crippen LogP contribution in [0.4, 0.5) is 11.4 Å². The van der Waals surface area contributed by atoms with E-state index in [0.29, 0.717) is 0 Å². The van der Waals surface area contributed by atoms with E-state index in [-0.39, 0.29) is 21.3 Å². The molecule has 0 fully saturated rings. The van der Waals surface area contributed by atoms with Gasteiger partial charge in [-0.05, 0) is 13.0 Å². The van der Waals surface area contributed by atoms with E-state index in [9.17, 15) is 20.2 Å². The maximum atomic E-state index is 10.7.